The van der Waals surface area contributed by atoms with Crippen LogP contribution in [-0.4, -0.2) is 17.0 Å². The molecule has 1 aromatic heterocycles. The van der Waals surface area contributed by atoms with Gasteiger partial charge in [-0.1, -0.05) is 18.2 Å². The van der Waals surface area contributed by atoms with E-state index in [1.165, 1.54) is 11.4 Å². The van der Waals surface area contributed by atoms with Gasteiger partial charge in [-0.25, -0.2) is 0 Å². The van der Waals surface area contributed by atoms with Crippen LogP contribution in [0.15, 0.2) is 36.4 Å². The van der Waals surface area contributed by atoms with Crippen LogP contribution >= 0.6 is 0 Å². The molecule has 1 aliphatic rings. The molecule has 3 rings (SSSR count). The molecule has 1 heterocycles. The topological polar surface area (TPSA) is 31.2 Å². The zero-order valence-corrected chi connectivity index (χ0v) is 12.5. The number of hydrogen-bond acceptors (Lipinski definition) is 2. The molecule has 0 saturated carbocycles. The Labute approximate surface area is 125 Å². The van der Waals surface area contributed by atoms with E-state index in [1.54, 1.807) is 0 Å². The standard InChI is InChI=1S/C18H21NO2/c1-14-13-16-17(9-5-10-18(16)20)19(14)11-6-12-21-15-7-3-2-4-8-15/h2-4,7-8,13H,5-6,9-12H2,1H3. The molecule has 0 radical (unpaired) electrons. The van der Waals surface area contributed by atoms with Gasteiger partial charge in [-0.05, 0) is 44.4 Å². The number of nitrogens with zero attached hydrogens (tertiary/aromatic N) is 1. The highest BCUT2D eigenvalue weighted by atomic mass is 16.5. The van der Waals surface area contributed by atoms with Gasteiger partial charge < -0.3 is 9.30 Å². The molecule has 110 valence electrons. The van der Waals surface area contributed by atoms with E-state index in [0.717, 1.165) is 37.1 Å². The Morgan fingerprint density at radius 1 is 1.19 bits per heavy atom. The highest BCUT2D eigenvalue weighted by Crippen LogP contribution is 2.25. The van der Waals surface area contributed by atoms with Gasteiger partial charge in [0.05, 0.1) is 6.61 Å². The lowest BCUT2D eigenvalue weighted by atomic mass is 9.96. The minimum Gasteiger partial charge on any atom is -0.494 e. The van der Waals surface area contributed by atoms with E-state index in [2.05, 4.69) is 17.6 Å². The smallest absolute Gasteiger partial charge is 0.164 e. The van der Waals surface area contributed by atoms with Gasteiger partial charge in [0.25, 0.3) is 0 Å². The van der Waals surface area contributed by atoms with E-state index in [9.17, 15) is 4.79 Å². The number of hydrogen-bond donors (Lipinski definition) is 0. The third-order valence-electron chi connectivity index (χ3n) is 4.07. The van der Waals surface area contributed by atoms with Crippen LogP contribution in [0.3, 0.4) is 0 Å². The van der Waals surface area contributed by atoms with Crippen LogP contribution in [-0.2, 0) is 13.0 Å². The molecule has 0 spiro atoms. The summed E-state index contributed by atoms with van der Waals surface area (Å²) in [5.74, 6) is 1.22. The molecule has 0 bridgehead atoms. The minimum atomic E-state index is 0.304. The van der Waals surface area contributed by atoms with Crippen molar-refractivity contribution in [2.75, 3.05) is 6.61 Å². The van der Waals surface area contributed by atoms with Crippen molar-refractivity contribution < 1.29 is 9.53 Å². The second kappa shape index (κ2) is 6.17. The molecule has 0 fully saturated rings. The zero-order valence-electron chi connectivity index (χ0n) is 12.5. The van der Waals surface area contributed by atoms with Crippen LogP contribution in [0.25, 0.3) is 0 Å². The number of aryl methyl sites for hydroxylation is 1. The summed E-state index contributed by atoms with van der Waals surface area (Å²) in [4.78, 5) is 11.9. The lowest BCUT2D eigenvalue weighted by molar-refractivity contribution is 0.0971. The van der Waals surface area contributed by atoms with Crippen LogP contribution < -0.4 is 4.74 Å². The van der Waals surface area contributed by atoms with E-state index in [1.807, 2.05) is 30.3 Å². The SMILES string of the molecule is Cc1cc2c(n1CCCOc1ccccc1)CCCC2=O. The number of ketones is 1. The van der Waals surface area contributed by atoms with Crippen molar-refractivity contribution in [3.05, 3.63) is 53.3 Å². The number of para-hydroxylation sites is 1. The quantitative estimate of drug-likeness (QED) is 0.782. The maximum Gasteiger partial charge on any atom is 0.164 e. The van der Waals surface area contributed by atoms with Crippen molar-refractivity contribution in [3.8, 4) is 5.75 Å². The summed E-state index contributed by atoms with van der Waals surface area (Å²) in [6.45, 7) is 3.70. The Kier molecular flexibility index (Phi) is 4.09. The van der Waals surface area contributed by atoms with E-state index in [0.29, 0.717) is 18.8 Å². The predicted molar refractivity (Wildman–Crippen MR) is 83.0 cm³/mol. The number of benzene rings is 1. The van der Waals surface area contributed by atoms with E-state index >= 15 is 0 Å². The molecular weight excluding hydrogens is 262 g/mol. The second-order valence-corrected chi connectivity index (χ2v) is 5.59. The van der Waals surface area contributed by atoms with Crippen molar-refractivity contribution in [2.45, 2.75) is 39.2 Å². The number of carbonyl (C=O) groups excluding carboxylic acids is 1. The van der Waals surface area contributed by atoms with Gasteiger partial charge in [-0.15, -0.1) is 0 Å². The number of Topliss-reactive ketones (excluding diaryl/α,β-unsaturated/α-hetero) is 1. The molecular formula is C18H21NO2. The van der Waals surface area contributed by atoms with Crippen molar-refractivity contribution in [2.24, 2.45) is 0 Å². The molecule has 0 atom stereocenters. The molecule has 0 amide bonds. The Bertz CT molecular complexity index is 628. The molecule has 1 aliphatic carbocycles. The van der Waals surface area contributed by atoms with Crippen molar-refractivity contribution in [1.82, 2.24) is 4.57 Å². The molecule has 3 heteroatoms. The lowest BCUT2D eigenvalue weighted by Gasteiger charge is -2.16. The number of aromatic nitrogens is 1. The monoisotopic (exact) mass is 283 g/mol. The third-order valence-corrected chi connectivity index (χ3v) is 4.07. The lowest BCUT2D eigenvalue weighted by Crippen LogP contribution is -2.14. The first-order valence-electron chi connectivity index (χ1n) is 7.66. The number of rotatable bonds is 5. The predicted octanol–water partition coefficient (Wildman–Crippen LogP) is 3.78. The molecule has 21 heavy (non-hydrogen) atoms. The summed E-state index contributed by atoms with van der Waals surface area (Å²) in [6, 6.07) is 11.9. The summed E-state index contributed by atoms with van der Waals surface area (Å²) >= 11 is 0. The fraction of sp³-hybridized carbons (Fsp3) is 0.389. The first-order chi connectivity index (χ1) is 10.3. The van der Waals surface area contributed by atoms with Gasteiger partial charge in [0.2, 0.25) is 0 Å². The molecule has 2 aromatic rings. The maximum atomic E-state index is 11.9. The average molecular weight is 283 g/mol. The molecule has 0 unspecified atom stereocenters. The highest BCUT2D eigenvalue weighted by Gasteiger charge is 2.22. The van der Waals surface area contributed by atoms with Crippen molar-refractivity contribution in [3.63, 3.8) is 0 Å². The Hall–Kier alpha value is -2.03. The molecule has 1 aromatic carbocycles. The summed E-state index contributed by atoms with van der Waals surface area (Å²) < 4.78 is 8.02. The van der Waals surface area contributed by atoms with E-state index < -0.39 is 0 Å². The molecule has 0 N–H and O–H groups in total. The normalized spacial score (nSPS) is 14.0. The largest absolute Gasteiger partial charge is 0.494 e. The van der Waals surface area contributed by atoms with E-state index in [4.69, 9.17) is 4.74 Å². The van der Waals surface area contributed by atoms with E-state index in [-0.39, 0.29) is 0 Å². The van der Waals surface area contributed by atoms with Gasteiger partial charge in [0.15, 0.2) is 5.78 Å². The Morgan fingerprint density at radius 3 is 2.81 bits per heavy atom. The number of fused-ring (bicyclic) bond motifs is 1. The van der Waals surface area contributed by atoms with Crippen LogP contribution in [0.4, 0.5) is 0 Å². The van der Waals surface area contributed by atoms with Gasteiger partial charge in [0, 0.05) is 29.9 Å². The first-order valence-corrected chi connectivity index (χ1v) is 7.66. The Balaban J connectivity index is 1.60. The summed E-state index contributed by atoms with van der Waals surface area (Å²) in [6.07, 6.45) is 3.66. The van der Waals surface area contributed by atoms with Gasteiger partial charge in [-0.3, -0.25) is 4.79 Å². The third kappa shape index (κ3) is 3.02. The van der Waals surface area contributed by atoms with Gasteiger partial charge in [0.1, 0.15) is 5.75 Å². The summed E-state index contributed by atoms with van der Waals surface area (Å²) in [5, 5.41) is 0. The first kappa shape index (κ1) is 13.9. The number of ether oxygens (including phenoxy) is 1. The summed E-state index contributed by atoms with van der Waals surface area (Å²) in [5.41, 5.74) is 3.36. The molecule has 0 saturated heterocycles. The Morgan fingerprint density at radius 2 is 2.00 bits per heavy atom. The van der Waals surface area contributed by atoms with Crippen LogP contribution in [0.2, 0.25) is 0 Å². The second-order valence-electron chi connectivity index (χ2n) is 5.59. The molecule has 0 aliphatic heterocycles. The molecule has 3 nitrogen and oxygen atoms in total. The summed E-state index contributed by atoms with van der Waals surface area (Å²) in [7, 11) is 0. The maximum absolute atomic E-state index is 11.9. The zero-order chi connectivity index (χ0) is 14.7. The average Bonchev–Trinajstić information content (AvgIpc) is 2.82. The fourth-order valence-electron chi connectivity index (χ4n) is 3.03. The van der Waals surface area contributed by atoms with Crippen LogP contribution in [0.5, 0.6) is 5.75 Å². The van der Waals surface area contributed by atoms with Crippen LogP contribution in [0.1, 0.15) is 41.0 Å². The highest BCUT2D eigenvalue weighted by molar-refractivity contribution is 5.98. The van der Waals surface area contributed by atoms with Gasteiger partial charge in [-0.2, -0.15) is 0 Å². The number of carbonyl (C=O) groups is 1. The van der Waals surface area contributed by atoms with Gasteiger partial charge >= 0.3 is 0 Å². The minimum absolute atomic E-state index is 0.304. The van der Waals surface area contributed by atoms with Crippen molar-refractivity contribution in [1.29, 1.82) is 0 Å². The van der Waals surface area contributed by atoms with Crippen LogP contribution in [0, 0.1) is 6.92 Å². The van der Waals surface area contributed by atoms with Crippen molar-refractivity contribution >= 4 is 5.78 Å². The fourth-order valence-corrected chi connectivity index (χ4v) is 3.03.